The minimum absolute atomic E-state index is 0.0255. The van der Waals surface area contributed by atoms with Crippen molar-refractivity contribution < 1.29 is 22.7 Å². The molecule has 1 saturated heterocycles. The van der Waals surface area contributed by atoms with E-state index in [0.29, 0.717) is 35.8 Å². The molecule has 0 saturated carbocycles. The summed E-state index contributed by atoms with van der Waals surface area (Å²) in [5, 5.41) is 3.31. The van der Waals surface area contributed by atoms with Crippen LogP contribution in [0.1, 0.15) is 33.1 Å². The standard InChI is InChI=1S/C28H31F3N6O2/c1-3-20-6-4-5-7-23(20)35-14-16-36(17-15-35)27(38)19(2)33-26-25(34-24-18-32-12-13-37(24)26)21-8-10-22(11-9-21)39-28(29,30)31/h5,7-13,18-19,33H,3-4,6,14-17H2,1-2H3. The second-order valence-electron chi connectivity index (χ2n) is 9.65. The number of rotatable bonds is 7. The van der Waals surface area contributed by atoms with Crippen LogP contribution in [0.4, 0.5) is 19.0 Å². The Hall–Kier alpha value is -4.02. The lowest BCUT2D eigenvalue weighted by atomic mass is 9.98. The zero-order valence-corrected chi connectivity index (χ0v) is 21.9. The van der Waals surface area contributed by atoms with E-state index in [1.54, 1.807) is 29.9 Å². The van der Waals surface area contributed by atoms with Crippen molar-refractivity contribution in [2.45, 2.75) is 45.5 Å². The van der Waals surface area contributed by atoms with Gasteiger partial charge in [-0.3, -0.25) is 14.2 Å². The summed E-state index contributed by atoms with van der Waals surface area (Å²) in [5.41, 5.74) is 4.38. The van der Waals surface area contributed by atoms with Crippen LogP contribution in [0, 0.1) is 0 Å². The molecule has 1 aliphatic heterocycles. The fourth-order valence-corrected chi connectivity index (χ4v) is 5.15. The van der Waals surface area contributed by atoms with Gasteiger partial charge in [-0.2, -0.15) is 0 Å². The summed E-state index contributed by atoms with van der Waals surface area (Å²) in [6.45, 7) is 6.81. The highest BCUT2D eigenvalue weighted by molar-refractivity contribution is 5.86. The van der Waals surface area contributed by atoms with E-state index in [4.69, 9.17) is 0 Å². The summed E-state index contributed by atoms with van der Waals surface area (Å²) >= 11 is 0. The van der Waals surface area contributed by atoms with E-state index < -0.39 is 12.4 Å². The van der Waals surface area contributed by atoms with E-state index in [9.17, 15) is 18.0 Å². The average molecular weight is 541 g/mol. The Kier molecular flexibility index (Phi) is 7.49. The van der Waals surface area contributed by atoms with Gasteiger partial charge in [0.1, 0.15) is 23.3 Å². The van der Waals surface area contributed by atoms with Crippen LogP contribution >= 0.6 is 0 Å². The first-order valence-corrected chi connectivity index (χ1v) is 13.1. The molecular formula is C28H31F3N6O2. The highest BCUT2D eigenvalue weighted by Crippen LogP contribution is 2.32. The molecule has 1 N–H and O–H groups in total. The Morgan fingerprint density at radius 2 is 1.90 bits per heavy atom. The van der Waals surface area contributed by atoms with Gasteiger partial charge in [-0.25, -0.2) is 4.98 Å². The van der Waals surface area contributed by atoms with E-state index in [1.807, 2.05) is 4.90 Å². The number of ether oxygens (including phenoxy) is 1. The Labute approximate surface area is 224 Å². The van der Waals surface area contributed by atoms with Crippen molar-refractivity contribution in [3.63, 3.8) is 0 Å². The SMILES string of the molecule is CCC1=C(N2CCN(C(=O)C(C)Nc3c(-c4ccc(OC(F)(F)F)cc4)nc4cnccn34)CC2)C=CCC1. The van der Waals surface area contributed by atoms with E-state index in [-0.39, 0.29) is 11.7 Å². The first-order valence-electron chi connectivity index (χ1n) is 13.1. The van der Waals surface area contributed by atoms with Crippen molar-refractivity contribution >= 4 is 17.4 Å². The van der Waals surface area contributed by atoms with Gasteiger partial charge in [0.25, 0.3) is 0 Å². The zero-order valence-electron chi connectivity index (χ0n) is 21.9. The minimum Gasteiger partial charge on any atom is -0.406 e. The summed E-state index contributed by atoms with van der Waals surface area (Å²) in [7, 11) is 0. The van der Waals surface area contributed by atoms with Gasteiger partial charge in [-0.1, -0.05) is 13.0 Å². The zero-order chi connectivity index (χ0) is 27.6. The largest absolute Gasteiger partial charge is 0.573 e. The number of alkyl halides is 3. The van der Waals surface area contributed by atoms with Gasteiger partial charge >= 0.3 is 6.36 Å². The van der Waals surface area contributed by atoms with Crippen molar-refractivity contribution in [1.29, 1.82) is 0 Å². The molecule has 1 aromatic carbocycles. The first-order chi connectivity index (χ1) is 18.7. The molecule has 3 heterocycles. The molecule has 8 nitrogen and oxygen atoms in total. The number of imidazole rings is 1. The molecule has 3 aromatic rings. The Morgan fingerprint density at radius 1 is 1.15 bits per heavy atom. The van der Waals surface area contributed by atoms with Gasteiger partial charge in [0.05, 0.1) is 6.20 Å². The number of hydrogen-bond donors (Lipinski definition) is 1. The van der Waals surface area contributed by atoms with E-state index >= 15 is 0 Å². The third-order valence-corrected chi connectivity index (χ3v) is 7.12. The van der Waals surface area contributed by atoms with E-state index in [1.165, 1.54) is 35.5 Å². The number of carbonyl (C=O) groups excluding carboxylic acids is 1. The number of anilines is 1. The molecule has 1 amide bonds. The number of benzene rings is 1. The number of hydrogen-bond acceptors (Lipinski definition) is 6. The van der Waals surface area contributed by atoms with E-state index in [0.717, 1.165) is 32.4 Å². The highest BCUT2D eigenvalue weighted by atomic mass is 19.4. The summed E-state index contributed by atoms with van der Waals surface area (Å²) in [4.78, 5) is 26.4. The van der Waals surface area contributed by atoms with Crippen molar-refractivity contribution in [3.8, 4) is 17.0 Å². The smallest absolute Gasteiger partial charge is 0.406 e. The van der Waals surface area contributed by atoms with Gasteiger partial charge < -0.3 is 19.9 Å². The van der Waals surface area contributed by atoms with Crippen LogP contribution in [-0.4, -0.2) is 68.7 Å². The maximum Gasteiger partial charge on any atom is 0.573 e. The number of halogens is 3. The summed E-state index contributed by atoms with van der Waals surface area (Å²) in [6, 6.07) is 4.93. The monoisotopic (exact) mass is 540 g/mol. The first kappa shape index (κ1) is 26.6. The lowest BCUT2D eigenvalue weighted by Gasteiger charge is -2.39. The summed E-state index contributed by atoms with van der Waals surface area (Å²) < 4.78 is 43.5. The summed E-state index contributed by atoms with van der Waals surface area (Å²) in [5.74, 6) is 0.211. The molecule has 1 aliphatic carbocycles. The number of amides is 1. The number of fused-ring (bicyclic) bond motifs is 1. The topological polar surface area (TPSA) is 75.0 Å². The molecule has 1 atom stereocenters. The molecule has 0 spiro atoms. The fraction of sp³-hybridized carbons (Fsp3) is 0.393. The Balaban J connectivity index is 1.32. The van der Waals surface area contributed by atoms with Crippen LogP contribution < -0.4 is 10.1 Å². The lowest BCUT2D eigenvalue weighted by molar-refractivity contribution is -0.274. The molecule has 39 heavy (non-hydrogen) atoms. The normalized spacial score (nSPS) is 17.1. The third kappa shape index (κ3) is 5.86. The second-order valence-corrected chi connectivity index (χ2v) is 9.65. The van der Waals surface area contributed by atoms with Gasteiger partial charge in [-0.05, 0) is 62.1 Å². The predicted octanol–water partition coefficient (Wildman–Crippen LogP) is 5.25. The van der Waals surface area contributed by atoms with Crippen molar-refractivity contribution in [2.24, 2.45) is 0 Å². The van der Waals surface area contributed by atoms with Crippen molar-refractivity contribution in [3.05, 3.63) is 66.3 Å². The third-order valence-electron chi connectivity index (χ3n) is 7.12. The van der Waals surface area contributed by atoms with E-state index in [2.05, 4.69) is 44.0 Å². The van der Waals surface area contributed by atoms with Crippen LogP contribution in [0.2, 0.25) is 0 Å². The van der Waals surface area contributed by atoms with Crippen LogP contribution in [0.15, 0.2) is 66.3 Å². The van der Waals surface area contributed by atoms with Crippen LogP contribution in [0.5, 0.6) is 5.75 Å². The predicted molar refractivity (Wildman–Crippen MR) is 142 cm³/mol. The number of piperazine rings is 1. The van der Waals surface area contributed by atoms with Crippen molar-refractivity contribution in [1.82, 2.24) is 24.2 Å². The van der Waals surface area contributed by atoms with Gasteiger partial charge in [0, 0.05) is 49.8 Å². The second kappa shape index (κ2) is 11.0. The minimum atomic E-state index is -4.77. The van der Waals surface area contributed by atoms with Crippen LogP contribution in [-0.2, 0) is 4.79 Å². The van der Waals surface area contributed by atoms with Gasteiger partial charge in [0.15, 0.2) is 5.65 Å². The molecule has 1 fully saturated rings. The molecule has 0 radical (unpaired) electrons. The van der Waals surface area contributed by atoms with Crippen LogP contribution in [0.25, 0.3) is 16.9 Å². The summed E-state index contributed by atoms with van der Waals surface area (Å²) in [6.07, 6.45) is 7.79. The molecule has 2 aliphatic rings. The maximum atomic E-state index is 13.4. The number of allylic oxidation sites excluding steroid dienone is 3. The van der Waals surface area contributed by atoms with Crippen molar-refractivity contribution in [2.75, 3.05) is 31.5 Å². The lowest BCUT2D eigenvalue weighted by Crippen LogP contribution is -2.52. The molecule has 0 bridgehead atoms. The molecule has 5 rings (SSSR count). The molecule has 11 heteroatoms. The molecule has 206 valence electrons. The number of nitrogens with one attached hydrogen (secondary N) is 1. The Bertz CT molecular complexity index is 1390. The van der Waals surface area contributed by atoms with Gasteiger partial charge in [-0.15, -0.1) is 13.2 Å². The quantitative estimate of drug-likeness (QED) is 0.441. The maximum absolute atomic E-state index is 13.4. The average Bonchev–Trinajstić information content (AvgIpc) is 3.30. The Morgan fingerprint density at radius 3 is 2.59 bits per heavy atom. The van der Waals surface area contributed by atoms with Crippen LogP contribution in [0.3, 0.4) is 0 Å². The molecule has 2 aromatic heterocycles. The fourth-order valence-electron chi connectivity index (χ4n) is 5.15. The number of aromatic nitrogens is 3. The molecular weight excluding hydrogens is 509 g/mol. The molecule has 1 unspecified atom stereocenters. The number of nitrogens with zero attached hydrogens (tertiary/aromatic N) is 5. The highest BCUT2D eigenvalue weighted by Gasteiger charge is 2.31. The number of carbonyl (C=O) groups is 1. The van der Waals surface area contributed by atoms with Gasteiger partial charge in [0.2, 0.25) is 5.91 Å².